The Morgan fingerprint density at radius 3 is 2.25 bits per heavy atom. The number of ether oxygens (including phenoxy) is 2. The number of hydrogen-bond donors (Lipinski definition) is 1. The molecule has 13 heteroatoms. The number of aromatic nitrogens is 2. The number of hydrogen-bond acceptors (Lipinski definition) is 7. The first kappa shape index (κ1) is 21.5. The summed E-state index contributed by atoms with van der Waals surface area (Å²) in [4.78, 5) is 20.5. The van der Waals surface area contributed by atoms with E-state index in [0.29, 0.717) is 0 Å². The highest BCUT2D eigenvalue weighted by atomic mass is 32.2. The van der Waals surface area contributed by atoms with Crippen LogP contribution in [0.2, 0.25) is 0 Å². The standard InChI is InChI=1S/C15H13BF3N3O5S/c1-26-10-6-11(27-2)21-14(20-10)13(23)8-4-3-5-9(16)12(8)22-28(24,25)7-15(17,18)19/h3-6,22H,7H2,1-2H3. The molecule has 0 atom stereocenters. The summed E-state index contributed by atoms with van der Waals surface area (Å²) >= 11 is 0. The number of benzene rings is 1. The Morgan fingerprint density at radius 2 is 1.75 bits per heavy atom. The molecule has 0 spiro atoms. The number of rotatable bonds is 7. The Hall–Kier alpha value is -2.83. The second kappa shape index (κ2) is 8.04. The van der Waals surface area contributed by atoms with Gasteiger partial charge in [0.15, 0.2) is 5.75 Å². The lowest BCUT2D eigenvalue weighted by molar-refractivity contribution is -0.106. The summed E-state index contributed by atoms with van der Waals surface area (Å²) in [6.45, 7) is 0. The smallest absolute Gasteiger partial charge is 0.404 e. The van der Waals surface area contributed by atoms with Gasteiger partial charge in [0.05, 0.1) is 26.0 Å². The van der Waals surface area contributed by atoms with Crippen molar-refractivity contribution in [2.75, 3.05) is 24.7 Å². The number of alkyl halides is 3. The molecular weight excluding hydrogens is 402 g/mol. The summed E-state index contributed by atoms with van der Waals surface area (Å²) in [5.41, 5.74) is -1.12. The minimum Gasteiger partial charge on any atom is -0.481 e. The van der Waals surface area contributed by atoms with Crippen molar-refractivity contribution in [3.63, 3.8) is 0 Å². The van der Waals surface area contributed by atoms with Crippen LogP contribution in [0.1, 0.15) is 16.2 Å². The zero-order valence-electron chi connectivity index (χ0n) is 14.6. The van der Waals surface area contributed by atoms with Crippen molar-refractivity contribution >= 4 is 34.8 Å². The fourth-order valence-corrected chi connectivity index (χ4v) is 3.16. The van der Waals surface area contributed by atoms with Gasteiger partial charge in [-0.15, -0.1) is 0 Å². The number of carbonyl (C=O) groups excluding carboxylic acids is 1. The predicted octanol–water partition coefficient (Wildman–Crippen LogP) is 0.823. The summed E-state index contributed by atoms with van der Waals surface area (Å²) < 4.78 is 72.6. The van der Waals surface area contributed by atoms with Crippen LogP contribution in [0.4, 0.5) is 18.9 Å². The Morgan fingerprint density at radius 1 is 1.18 bits per heavy atom. The molecule has 0 amide bonds. The third-order valence-electron chi connectivity index (χ3n) is 3.25. The fraction of sp³-hybridized carbons (Fsp3) is 0.267. The normalized spacial score (nSPS) is 11.8. The number of nitrogens with zero attached hydrogens (tertiary/aromatic N) is 2. The molecule has 148 valence electrons. The molecule has 0 aliphatic heterocycles. The summed E-state index contributed by atoms with van der Waals surface area (Å²) in [6, 6.07) is 5.00. The van der Waals surface area contributed by atoms with E-state index in [1.807, 2.05) is 0 Å². The minimum atomic E-state index is -4.98. The summed E-state index contributed by atoms with van der Waals surface area (Å²) in [6.07, 6.45) is -4.98. The van der Waals surface area contributed by atoms with Gasteiger partial charge in [0, 0.05) is 5.56 Å². The van der Waals surface area contributed by atoms with Gasteiger partial charge in [-0.1, -0.05) is 17.6 Å². The zero-order valence-corrected chi connectivity index (χ0v) is 15.4. The lowest BCUT2D eigenvalue weighted by Gasteiger charge is -2.15. The lowest BCUT2D eigenvalue weighted by Crippen LogP contribution is -2.31. The van der Waals surface area contributed by atoms with Crippen molar-refractivity contribution in [3.05, 3.63) is 35.7 Å². The minimum absolute atomic E-state index is 0.0155. The van der Waals surface area contributed by atoms with Crippen LogP contribution in [-0.2, 0) is 10.0 Å². The highest BCUT2D eigenvalue weighted by Gasteiger charge is 2.36. The molecule has 2 aromatic rings. The Bertz CT molecular complexity index is 977. The number of ketones is 1. The van der Waals surface area contributed by atoms with Crippen molar-refractivity contribution in [1.82, 2.24) is 9.97 Å². The van der Waals surface area contributed by atoms with Gasteiger partial charge in [0.1, 0.15) is 7.85 Å². The van der Waals surface area contributed by atoms with Crippen molar-refractivity contribution in [1.29, 1.82) is 0 Å². The topological polar surface area (TPSA) is 107 Å². The number of carbonyl (C=O) groups is 1. The van der Waals surface area contributed by atoms with E-state index in [9.17, 15) is 26.4 Å². The lowest BCUT2D eigenvalue weighted by atomic mass is 9.90. The third kappa shape index (κ3) is 5.34. The monoisotopic (exact) mass is 415 g/mol. The molecule has 1 N–H and O–H groups in total. The van der Waals surface area contributed by atoms with E-state index in [1.54, 1.807) is 4.72 Å². The first-order valence-electron chi connectivity index (χ1n) is 7.43. The summed E-state index contributed by atoms with van der Waals surface area (Å²) in [5.74, 6) is -3.52. The second-order valence-electron chi connectivity index (χ2n) is 5.35. The van der Waals surface area contributed by atoms with Crippen molar-refractivity contribution < 1.29 is 35.9 Å². The van der Waals surface area contributed by atoms with Gasteiger partial charge in [-0.25, -0.2) is 8.42 Å². The number of sulfonamides is 1. The van der Waals surface area contributed by atoms with Crippen LogP contribution in [-0.4, -0.2) is 58.2 Å². The molecule has 2 radical (unpaired) electrons. The van der Waals surface area contributed by atoms with Gasteiger partial charge in [0.25, 0.3) is 0 Å². The molecule has 28 heavy (non-hydrogen) atoms. The van der Waals surface area contributed by atoms with E-state index < -0.39 is 39.2 Å². The van der Waals surface area contributed by atoms with Gasteiger partial charge >= 0.3 is 6.18 Å². The molecular formula is C15H13BF3N3O5S. The average molecular weight is 415 g/mol. The molecule has 0 saturated heterocycles. The molecule has 8 nitrogen and oxygen atoms in total. The number of para-hydroxylation sites is 1. The largest absolute Gasteiger partial charge is 0.481 e. The fourth-order valence-electron chi connectivity index (χ4n) is 2.12. The highest BCUT2D eigenvalue weighted by Crippen LogP contribution is 2.23. The number of nitrogens with one attached hydrogen (secondary N) is 1. The molecule has 2 rings (SSSR count). The van der Waals surface area contributed by atoms with Gasteiger partial charge in [-0.3, -0.25) is 9.52 Å². The highest BCUT2D eigenvalue weighted by molar-refractivity contribution is 7.92. The first-order chi connectivity index (χ1) is 13.0. The van der Waals surface area contributed by atoms with Crippen LogP contribution >= 0.6 is 0 Å². The molecule has 0 aliphatic rings. The van der Waals surface area contributed by atoms with E-state index in [4.69, 9.17) is 17.3 Å². The molecule has 0 saturated carbocycles. The second-order valence-corrected chi connectivity index (χ2v) is 7.07. The van der Waals surface area contributed by atoms with Crippen LogP contribution in [0.5, 0.6) is 11.8 Å². The third-order valence-corrected chi connectivity index (χ3v) is 4.48. The Balaban J connectivity index is 2.50. The summed E-state index contributed by atoms with van der Waals surface area (Å²) in [7, 11) is 3.36. The van der Waals surface area contributed by atoms with Crippen molar-refractivity contribution in [2.24, 2.45) is 0 Å². The molecule has 1 heterocycles. The Kier molecular flexibility index (Phi) is 6.17. The number of methoxy groups -OCH3 is 2. The van der Waals surface area contributed by atoms with Crippen LogP contribution < -0.4 is 19.7 Å². The molecule has 1 aromatic heterocycles. The van der Waals surface area contributed by atoms with Crippen molar-refractivity contribution in [2.45, 2.75) is 6.18 Å². The molecule has 0 aliphatic carbocycles. The van der Waals surface area contributed by atoms with Crippen LogP contribution in [0, 0.1) is 0 Å². The maximum absolute atomic E-state index is 12.8. The average Bonchev–Trinajstić information content (AvgIpc) is 2.60. The van der Waals surface area contributed by atoms with E-state index in [0.717, 1.165) is 0 Å². The van der Waals surface area contributed by atoms with Crippen LogP contribution in [0.3, 0.4) is 0 Å². The maximum atomic E-state index is 12.8. The maximum Gasteiger partial charge on any atom is 0.404 e. The molecule has 1 aromatic carbocycles. The van der Waals surface area contributed by atoms with Crippen LogP contribution in [0.25, 0.3) is 0 Å². The molecule has 0 unspecified atom stereocenters. The van der Waals surface area contributed by atoms with Gasteiger partial charge in [-0.05, 0) is 6.07 Å². The predicted molar refractivity (Wildman–Crippen MR) is 93.9 cm³/mol. The van der Waals surface area contributed by atoms with E-state index in [-0.39, 0.29) is 22.8 Å². The van der Waals surface area contributed by atoms with Crippen molar-refractivity contribution in [3.8, 4) is 11.8 Å². The number of anilines is 1. The van der Waals surface area contributed by atoms with Gasteiger partial charge in [0.2, 0.25) is 33.4 Å². The number of halogens is 3. The van der Waals surface area contributed by atoms with E-state index in [1.165, 1.54) is 38.5 Å². The Labute approximate surface area is 159 Å². The quantitative estimate of drug-likeness (QED) is 0.527. The zero-order chi connectivity index (χ0) is 21.1. The SMILES string of the molecule is [B]c1cccc(C(=O)c2nc(OC)cc(OC)n2)c1NS(=O)(=O)CC(F)(F)F. The van der Waals surface area contributed by atoms with Gasteiger partial charge < -0.3 is 9.47 Å². The first-order valence-corrected chi connectivity index (χ1v) is 9.08. The van der Waals surface area contributed by atoms with Gasteiger partial charge in [-0.2, -0.15) is 23.1 Å². The van der Waals surface area contributed by atoms with Crippen LogP contribution in [0.15, 0.2) is 24.3 Å². The van der Waals surface area contributed by atoms with E-state index >= 15 is 0 Å². The molecule has 0 bridgehead atoms. The molecule has 0 fully saturated rings. The van der Waals surface area contributed by atoms with E-state index in [2.05, 4.69) is 9.97 Å². The summed E-state index contributed by atoms with van der Waals surface area (Å²) in [5, 5.41) is 0.